The molecule has 1 heterocycles. The van der Waals surface area contributed by atoms with Crippen molar-refractivity contribution < 1.29 is 13.9 Å². The van der Waals surface area contributed by atoms with E-state index in [1.165, 1.54) is 5.56 Å². The molecule has 0 saturated carbocycles. The average molecular weight is 268 g/mol. The fourth-order valence-corrected chi connectivity index (χ4v) is 2.18. The van der Waals surface area contributed by atoms with Crippen molar-refractivity contribution in [2.45, 2.75) is 13.5 Å². The van der Waals surface area contributed by atoms with Gasteiger partial charge < -0.3 is 13.9 Å². The molecule has 0 spiro atoms. The van der Waals surface area contributed by atoms with Crippen LogP contribution in [0, 0.1) is 6.92 Å². The van der Waals surface area contributed by atoms with E-state index in [2.05, 4.69) is 13.0 Å². The minimum atomic E-state index is 0.404. The fourth-order valence-electron chi connectivity index (χ4n) is 2.18. The molecule has 0 bridgehead atoms. The molecule has 0 aliphatic rings. The van der Waals surface area contributed by atoms with Crippen LogP contribution in [0.5, 0.6) is 11.5 Å². The molecule has 20 heavy (non-hydrogen) atoms. The first-order valence-corrected chi connectivity index (χ1v) is 6.51. The highest BCUT2D eigenvalue weighted by molar-refractivity contribution is 5.81. The number of benzene rings is 2. The highest BCUT2D eigenvalue weighted by atomic mass is 16.5. The third-order valence-electron chi connectivity index (χ3n) is 3.25. The summed E-state index contributed by atoms with van der Waals surface area (Å²) in [6, 6.07) is 15.6. The van der Waals surface area contributed by atoms with Gasteiger partial charge in [0, 0.05) is 11.5 Å². The molecule has 0 aliphatic heterocycles. The summed E-state index contributed by atoms with van der Waals surface area (Å²) in [4.78, 5) is 0. The lowest BCUT2D eigenvalue weighted by molar-refractivity contribution is 0.273. The summed E-state index contributed by atoms with van der Waals surface area (Å²) in [6.07, 6.45) is 0. The SMILES string of the molecule is COc1cccc(OCc2cc3c(C)cccc3o2)c1. The molecule has 3 nitrogen and oxygen atoms in total. The monoisotopic (exact) mass is 268 g/mol. The second-order valence-corrected chi connectivity index (χ2v) is 4.67. The summed E-state index contributed by atoms with van der Waals surface area (Å²) in [5, 5.41) is 1.14. The van der Waals surface area contributed by atoms with E-state index in [9.17, 15) is 0 Å². The second-order valence-electron chi connectivity index (χ2n) is 4.67. The summed E-state index contributed by atoms with van der Waals surface area (Å²) in [6.45, 7) is 2.48. The topological polar surface area (TPSA) is 31.6 Å². The van der Waals surface area contributed by atoms with E-state index in [0.717, 1.165) is 28.2 Å². The first kappa shape index (κ1) is 12.6. The van der Waals surface area contributed by atoms with Crippen LogP contribution in [-0.4, -0.2) is 7.11 Å². The molecule has 0 aliphatic carbocycles. The van der Waals surface area contributed by atoms with Crippen molar-refractivity contribution in [2.75, 3.05) is 7.11 Å². The number of methoxy groups -OCH3 is 1. The largest absolute Gasteiger partial charge is 0.497 e. The van der Waals surface area contributed by atoms with E-state index < -0.39 is 0 Å². The number of hydrogen-bond donors (Lipinski definition) is 0. The van der Waals surface area contributed by atoms with Gasteiger partial charge in [-0.3, -0.25) is 0 Å². The molecule has 102 valence electrons. The lowest BCUT2D eigenvalue weighted by atomic mass is 10.1. The number of ether oxygens (including phenoxy) is 2. The maximum atomic E-state index is 5.77. The first-order valence-electron chi connectivity index (χ1n) is 6.51. The van der Waals surface area contributed by atoms with E-state index in [-0.39, 0.29) is 0 Å². The van der Waals surface area contributed by atoms with Crippen molar-refractivity contribution in [1.82, 2.24) is 0 Å². The molecular formula is C17H16O3. The number of rotatable bonds is 4. The van der Waals surface area contributed by atoms with Crippen LogP contribution in [0.15, 0.2) is 52.9 Å². The molecule has 0 atom stereocenters. The summed E-state index contributed by atoms with van der Waals surface area (Å²) < 4.78 is 16.7. The second kappa shape index (κ2) is 5.29. The average Bonchev–Trinajstić information content (AvgIpc) is 2.90. The van der Waals surface area contributed by atoms with E-state index in [1.54, 1.807) is 7.11 Å². The highest BCUT2D eigenvalue weighted by Crippen LogP contribution is 2.24. The number of fused-ring (bicyclic) bond motifs is 1. The molecule has 0 amide bonds. The Balaban J connectivity index is 1.78. The number of aryl methyl sites for hydroxylation is 1. The molecule has 1 aromatic heterocycles. The Bertz CT molecular complexity index is 728. The van der Waals surface area contributed by atoms with E-state index in [4.69, 9.17) is 13.9 Å². The molecule has 0 fully saturated rings. The zero-order valence-electron chi connectivity index (χ0n) is 11.6. The number of furan rings is 1. The molecule has 3 rings (SSSR count). The zero-order valence-corrected chi connectivity index (χ0v) is 11.6. The van der Waals surface area contributed by atoms with Gasteiger partial charge in [0.1, 0.15) is 29.4 Å². The summed E-state index contributed by atoms with van der Waals surface area (Å²) in [5.41, 5.74) is 2.10. The molecule has 2 aromatic carbocycles. The predicted molar refractivity (Wildman–Crippen MR) is 78.3 cm³/mol. The minimum Gasteiger partial charge on any atom is -0.497 e. The van der Waals surface area contributed by atoms with Crippen molar-refractivity contribution >= 4 is 11.0 Å². The van der Waals surface area contributed by atoms with Crippen molar-refractivity contribution in [3.63, 3.8) is 0 Å². The molecule has 0 radical (unpaired) electrons. The Morgan fingerprint density at radius 1 is 1.00 bits per heavy atom. The Morgan fingerprint density at radius 2 is 1.80 bits per heavy atom. The number of hydrogen-bond acceptors (Lipinski definition) is 3. The first-order chi connectivity index (χ1) is 9.76. The van der Waals surface area contributed by atoms with E-state index in [1.807, 2.05) is 42.5 Å². The van der Waals surface area contributed by atoms with Gasteiger partial charge in [-0.25, -0.2) is 0 Å². The third-order valence-corrected chi connectivity index (χ3v) is 3.25. The van der Waals surface area contributed by atoms with Gasteiger partial charge in [0.25, 0.3) is 0 Å². The van der Waals surface area contributed by atoms with Crippen LogP contribution in [0.1, 0.15) is 11.3 Å². The van der Waals surface area contributed by atoms with Gasteiger partial charge in [-0.1, -0.05) is 18.2 Å². The van der Waals surface area contributed by atoms with Crippen LogP contribution < -0.4 is 9.47 Å². The molecule has 0 saturated heterocycles. The molecule has 3 aromatic rings. The minimum absolute atomic E-state index is 0.404. The Hall–Kier alpha value is -2.42. The van der Waals surface area contributed by atoms with Crippen LogP contribution >= 0.6 is 0 Å². The summed E-state index contributed by atoms with van der Waals surface area (Å²) in [5.74, 6) is 2.36. The quantitative estimate of drug-likeness (QED) is 0.705. The van der Waals surface area contributed by atoms with Gasteiger partial charge in [-0.05, 0) is 36.8 Å². The summed E-state index contributed by atoms with van der Waals surface area (Å²) in [7, 11) is 1.64. The van der Waals surface area contributed by atoms with Gasteiger partial charge in [0.15, 0.2) is 0 Å². The lowest BCUT2D eigenvalue weighted by Gasteiger charge is -2.05. The molecule has 3 heteroatoms. The molecular weight excluding hydrogens is 252 g/mol. The molecule has 0 N–H and O–H groups in total. The van der Waals surface area contributed by atoms with E-state index in [0.29, 0.717) is 6.61 Å². The normalized spacial score (nSPS) is 10.7. The van der Waals surface area contributed by atoms with Crippen molar-refractivity contribution in [3.05, 3.63) is 59.9 Å². The highest BCUT2D eigenvalue weighted by Gasteiger charge is 2.06. The van der Waals surface area contributed by atoms with E-state index >= 15 is 0 Å². The Kier molecular flexibility index (Phi) is 3.33. The van der Waals surface area contributed by atoms with Crippen LogP contribution in [0.2, 0.25) is 0 Å². The van der Waals surface area contributed by atoms with Crippen LogP contribution in [0.3, 0.4) is 0 Å². The maximum Gasteiger partial charge on any atom is 0.146 e. The summed E-state index contributed by atoms with van der Waals surface area (Å²) >= 11 is 0. The smallest absolute Gasteiger partial charge is 0.146 e. The van der Waals surface area contributed by atoms with Crippen molar-refractivity contribution in [1.29, 1.82) is 0 Å². The maximum absolute atomic E-state index is 5.77. The Labute approximate surface area is 117 Å². The van der Waals surface area contributed by atoms with Crippen LogP contribution in [-0.2, 0) is 6.61 Å². The van der Waals surface area contributed by atoms with Crippen molar-refractivity contribution in [2.24, 2.45) is 0 Å². The van der Waals surface area contributed by atoms with Gasteiger partial charge in [0.05, 0.1) is 7.11 Å². The predicted octanol–water partition coefficient (Wildman–Crippen LogP) is 4.33. The van der Waals surface area contributed by atoms with Gasteiger partial charge in [0.2, 0.25) is 0 Å². The lowest BCUT2D eigenvalue weighted by Crippen LogP contribution is -1.93. The fraction of sp³-hybridized carbons (Fsp3) is 0.176. The van der Waals surface area contributed by atoms with Gasteiger partial charge >= 0.3 is 0 Å². The standard InChI is InChI=1S/C17H16O3/c1-12-5-3-8-17-16(12)10-15(20-17)11-19-14-7-4-6-13(9-14)18-2/h3-10H,11H2,1-2H3. The van der Waals surface area contributed by atoms with Crippen LogP contribution in [0.25, 0.3) is 11.0 Å². The molecule has 0 unspecified atom stereocenters. The van der Waals surface area contributed by atoms with Gasteiger partial charge in [-0.2, -0.15) is 0 Å². The zero-order chi connectivity index (χ0) is 13.9. The van der Waals surface area contributed by atoms with Gasteiger partial charge in [-0.15, -0.1) is 0 Å². The Morgan fingerprint density at radius 3 is 2.60 bits per heavy atom. The van der Waals surface area contributed by atoms with Crippen LogP contribution in [0.4, 0.5) is 0 Å². The third kappa shape index (κ3) is 2.48. The van der Waals surface area contributed by atoms with Crippen molar-refractivity contribution in [3.8, 4) is 11.5 Å².